The Bertz CT molecular complexity index is 297. The van der Waals surface area contributed by atoms with Gasteiger partial charge in [-0.05, 0) is 32.0 Å². The number of aromatic hydroxyl groups is 1. The molecule has 0 unspecified atom stereocenters. The maximum absolute atomic E-state index is 9.61. The Morgan fingerprint density at radius 1 is 1.07 bits per heavy atom. The molecule has 1 aromatic rings. The second-order valence-electron chi connectivity index (χ2n) is 3.97. The van der Waals surface area contributed by atoms with E-state index in [4.69, 9.17) is 0 Å². The summed E-state index contributed by atoms with van der Waals surface area (Å²) >= 11 is 0. The Morgan fingerprint density at radius 3 is 2.40 bits per heavy atom. The first-order valence-electron chi connectivity index (χ1n) is 5.35. The number of nitrogens with zero attached hydrogens (tertiary/aromatic N) is 1. The van der Waals surface area contributed by atoms with Gasteiger partial charge in [0.2, 0.25) is 0 Å². The highest BCUT2D eigenvalue weighted by atomic mass is 35.5. The SMILES string of the molecule is Oc1ccccc1CN1CCCCC1.[Cl-]. The van der Waals surface area contributed by atoms with Crippen LogP contribution in [0, 0.1) is 0 Å². The lowest BCUT2D eigenvalue weighted by molar-refractivity contribution is -0.00000390. The zero-order chi connectivity index (χ0) is 9.80. The summed E-state index contributed by atoms with van der Waals surface area (Å²) < 4.78 is 0. The third-order valence-electron chi connectivity index (χ3n) is 2.83. The molecule has 1 heterocycles. The van der Waals surface area contributed by atoms with Gasteiger partial charge in [0.25, 0.3) is 0 Å². The first-order chi connectivity index (χ1) is 6.86. The zero-order valence-electron chi connectivity index (χ0n) is 8.82. The van der Waals surface area contributed by atoms with Gasteiger partial charge in [-0.25, -0.2) is 0 Å². The molecule has 0 aliphatic carbocycles. The smallest absolute Gasteiger partial charge is 0.120 e. The highest BCUT2D eigenvalue weighted by Crippen LogP contribution is 2.19. The van der Waals surface area contributed by atoms with Crippen LogP contribution in [0.3, 0.4) is 0 Å². The van der Waals surface area contributed by atoms with Gasteiger partial charge in [-0.15, -0.1) is 0 Å². The Balaban J connectivity index is 0.00000112. The summed E-state index contributed by atoms with van der Waals surface area (Å²) in [4.78, 5) is 2.42. The summed E-state index contributed by atoms with van der Waals surface area (Å²) in [5.41, 5.74) is 1.05. The number of phenolic OH excluding ortho intramolecular Hbond substituents is 1. The molecule has 0 saturated carbocycles. The predicted molar refractivity (Wildman–Crippen MR) is 57.2 cm³/mol. The van der Waals surface area contributed by atoms with Crippen LogP contribution in [0.15, 0.2) is 24.3 Å². The van der Waals surface area contributed by atoms with Gasteiger partial charge in [0.1, 0.15) is 5.75 Å². The number of hydrogen-bond acceptors (Lipinski definition) is 2. The normalized spacial score (nSPS) is 17.1. The van der Waals surface area contributed by atoms with Crippen molar-refractivity contribution in [2.45, 2.75) is 25.8 Å². The summed E-state index contributed by atoms with van der Waals surface area (Å²) in [7, 11) is 0. The van der Waals surface area contributed by atoms with Crippen LogP contribution in [0.4, 0.5) is 0 Å². The molecule has 1 fully saturated rings. The number of benzene rings is 1. The van der Waals surface area contributed by atoms with Crippen LogP contribution >= 0.6 is 0 Å². The van der Waals surface area contributed by atoms with E-state index in [1.165, 1.54) is 32.4 Å². The van der Waals surface area contributed by atoms with Gasteiger partial charge >= 0.3 is 0 Å². The molecule has 1 aliphatic heterocycles. The number of rotatable bonds is 2. The minimum atomic E-state index is 0. The van der Waals surface area contributed by atoms with E-state index >= 15 is 0 Å². The molecule has 0 radical (unpaired) electrons. The molecule has 3 heteroatoms. The molecule has 0 amide bonds. The quantitative estimate of drug-likeness (QED) is 0.727. The van der Waals surface area contributed by atoms with Gasteiger partial charge < -0.3 is 17.5 Å². The summed E-state index contributed by atoms with van der Waals surface area (Å²) in [5, 5.41) is 9.61. The lowest BCUT2D eigenvalue weighted by Crippen LogP contribution is -3.00. The standard InChI is InChI=1S/C12H17NO.ClH/c14-12-7-3-2-6-11(12)10-13-8-4-1-5-9-13;/h2-3,6-7,14H,1,4-5,8-10H2;1H/p-1. The van der Waals surface area contributed by atoms with Crippen molar-refractivity contribution in [1.82, 2.24) is 4.90 Å². The molecule has 84 valence electrons. The van der Waals surface area contributed by atoms with Crippen LogP contribution < -0.4 is 12.4 Å². The number of para-hydroxylation sites is 1. The Labute approximate surface area is 97.3 Å². The van der Waals surface area contributed by atoms with Crippen molar-refractivity contribution in [3.8, 4) is 5.75 Å². The molecular formula is C12H17ClNO-. The van der Waals surface area contributed by atoms with Crippen molar-refractivity contribution in [3.63, 3.8) is 0 Å². The van der Waals surface area contributed by atoms with Gasteiger partial charge in [0.05, 0.1) is 0 Å². The molecule has 0 bridgehead atoms. The average molecular weight is 227 g/mol. The second-order valence-corrected chi connectivity index (χ2v) is 3.97. The fourth-order valence-electron chi connectivity index (χ4n) is 2.00. The van der Waals surface area contributed by atoms with E-state index in [0.717, 1.165) is 12.1 Å². The van der Waals surface area contributed by atoms with Crippen LogP contribution in [0.5, 0.6) is 5.75 Å². The number of hydrogen-bond donors (Lipinski definition) is 1. The lowest BCUT2D eigenvalue weighted by atomic mass is 10.1. The average Bonchev–Trinajstić information content (AvgIpc) is 2.23. The molecule has 0 atom stereocenters. The fourth-order valence-corrected chi connectivity index (χ4v) is 2.00. The highest BCUT2D eigenvalue weighted by Gasteiger charge is 2.11. The first kappa shape index (κ1) is 12.3. The number of halogens is 1. The summed E-state index contributed by atoms with van der Waals surface area (Å²) in [6.45, 7) is 3.25. The van der Waals surface area contributed by atoms with Crippen molar-refractivity contribution in [3.05, 3.63) is 29.8 Å². The minimum Gasteiger partial charge on any atom is -1.00 e. The third-order valence-corrected chi connectivity index (χ3v) is 2.83. The lowest BCUT2D eigenvalue weighted by Gasteiger charge is -2.26. The van der Waals surface area contributed by atoms with E-state index < -0.39 is 0 Å². The monoisotopic (exact) mass is 226 g/mol. The number of likely N-dealkylation sites (tertiary alicyclic amines) is 1. The Kier molecular flexibility index (Phi) is 4.92. The third kappa shape index (κ3) is 3.40. The molecule has 1 saturated heterocycles. The van der Waals surface area contributed by atoms with Crippen molar-refractivity contribution in [1.29, 1.82) is 0 Å². The molecule has 0 spiro atoms. The molecule has 1 aromatic carbocycles. The van der Waals surface area contributed by atoms with E-state index in [0.29, 0.717) is 5.75 Å². The van der Waals surface area contributed by atoms with E-state index in [9.17, 15) is 5.11 Å². The van der Waals surface area contributed by atoms with Crippen molar-refractivity contribution in [2.75, 3.05) is 13.1 Å². The van der Waals surface area contributed by atoms with Crippen molar-refractivity contribution >= 4 is 0 Å². The molecular weight excluding hydrogens is 210 g/mol. The van der Waals surface area contributed by atoms with E-state index in [1.807, 2.05) is 18.2 Å². The van der Waals surface area contributed by atoms with Crippen LogP contribution in [-0.2, 0) is 6.54 Å². The summed E-state index contributed by atoms with van der Waals surface area (Å²) in [6.07, 6.45) is 3.96. The van der Waals surface area contributed by atoms with Crippen LogP contribution in [0.25, 0.3) is 0 Å². The molecule has 0 aromatic heterocycles. The van der Waals surface area contributed by atoms with E-state index in [-0.39, 0.29) is 12.4 Å². The molecule has 1 aliphatic rings. The van der Waals surface area contributed by atoms with Crippen LogP contribution in [0.1, 0.15) is 24.8 Å². The largest absolute Gasteiger partial charge is 1.00 e. The predicted octanol–water partition coefficient (Wildman–Crippen LogP) is -0.618. The van der Waals surface area contributed by atoms with Crippen LogP contribution in [-0.4, -0.2) is 23.1 Å². The number of piperidine rings is 1. The summed E-state index contributed by atoms with van der Waals surface area (Å²) in [5.74, 6) is 0.429. The van der Waals surface area contributed by atoms with Crippen molar-refractivity contribution in [2.24, 2.45) is 0 Å². The molecule has 2 nitrogen and oxygen atoms in total. The topological polar surface area (TPSA) is 23.5 Å². The molecule has 15 heavy (non-hydrogen) atoms. The summed E-state index contributed by atoms with van der Waals surface area (Å²) in [6, 6.07) is 7.62. The van der Waals surface area contributed by atoms with Gasteiger partial charge in [0, 0.05) is 12.1 Å². The van der Waals surface area contributed by atoms with Gasteiger partial charge in [0.15, 0.2) is 0 Å². The minimum absolute atomic E-state index is 0. The van der Waals surface area contributed by atoms with Crippen LogP contribution in [0.2, 0.25) is 0 Å². The maximum atomic E-state index is 9.61. The Hall–Kier alpha value is -0.730. The second kappa shape index (κ2) is 5.99. The van der Waals surface area contributed by atoms with E-state index in [2.05, 4.69) is 4.90 Å². The number of phenols is 1. The fraction of sp³-hybridized carbons (Fsp3) is 0.500. The van der Waals surface area contributed by atoms with Gasteiger partial charge in [-0.2, -0.15) is 0 Å². The highest BCUT2D eigenvalue weighted by molar-refractivity contribution is 5.31. The maximum Gasteiger partial charge on any atom is 0.120 e. The van der Waals surface area contributed by atoms with Gasteiger partial charge in [-0.1, -0.05) is 24.6 Å². The van der Waals surface area contributed by atoms with E-state index in [1.54, 1.807) is 6.07 Å². The first-order valence-corrected chi connectivity index (χ1v) is 5.35. The zero-order valence-corrected chi connectivity index (χ0v) is 9.58. The molecule has 1 N–H and O–H groups in total. The Morgan fingerprint density at radius 2 is 1.73 bits per heavy atom. The molecule has 2 rings (SSSR count). The van der Waals surface area contributed by atoms with Crippen molar-refractivity contribution < 1.29 is 17.5 Å². The van der Waals surface area contributed by atoms with Gasteiger partial charge in [-0.3, -0.25) is 4.90 Å².